The quantitative estimate of drug-likeness (QED) is 0.765. The number of nitrogens with one attached hydrogen (secondary N) is 2. The molecule has 0 saturated heterocycles. The summed E-state index contributed by atoms with van der Waals surface area (Å²) in [6.07, 6.45) is 3.01. The smallest absolute Gasteiger partial charge is 0.334 e. The Labute approximate surface area is 120 Å². The first-order chi connectivity index (χ1) is 10.2. The van der Waals surface area contributed by atoms with Gasteiger partial charge in [-0.25, -0.2) is 14.3 Å². The second-order valence-electron chi connectivity index (χ2n) is 4.82. The normalized spacial score (nSPS) is 11.1. The van der Waals surface area contributed by atoms with Crippen LogP contribution in [-0.4, -0.2) is 19.5 Å². The minimum absolute atomic E-state index is 0.283. The number of aromatic nitrogens is 4. The van der Waals surface area contributed by atoms with Gasteiger partial charge in [0.25, 0.3) is 5.56 Å². The Balaban J connectivity index is 2.41. The van der Waals surface area contributed by atoms with E-state index in [9.17, 15) is 9.59 Å². The Bertz CT molecular complexity index is 917. The Morgan fingerprint density at radius 1 is 1.19 bits per heavy atom. The van der Waals surface area contributed by atoms with Crippen LogP contribution in [0.2, 0.25) is 0 Å². The third-order valence-corrected chi connectivity index (χ3v) is 3.71. The van der Waals surface area contributed by atoms with Gasteiger partial charge in [0.2, 0.25) is 0 Å². The first-order valence-corrected chi connectivity index (χ1v) is 6.96. The summed E-state index contributed by atoms with van der Waals surface area (Å²) in [5.74, 6) is 0. The average molecular weight is 284 g/mol. The summed E-state index contributed by atoms with van der Waals surface area (Å²) in [6.45, 7) is 4.08. The molecule has 0 bridgehead atoms. The third-order valence-electron chi connectivity index (χ3n) is 3.71. The summed E-state index contributed by atoms with van der Waals surface area (Å²) >= 11 is 0. The number of hydrogen-bond acceptors (Lipinski definition) is 3. The second-order valence-corrected chi connectivity index (χ2v) is 4.82. The van der Waals surface area contributed by atoms with Crippen molar-refractivity contribution in [2.24, 2.45) is 0 Å². The Morgan fingerprint density at radius 3 is 2.71 bits per heavy atom. The van der Waals surface area contributed by atoms with Crippen molar-refractivity contribution in [1.29, 1.82) is 0 Å². The molecule has 0 aliphatic carbocycles. The van der Waals surface area contributed by atoms with Crippen molar-refractivity contribution < 1.29 is 0 Å². The SMILES string of the molecule is CCc1cccc(-n2c(=O)[nH]c3nc[nH]c3c2=O)c1CC. The topological polar surface area (TPSA) is 83.5 Å². The van der Waals surface area contributed by atoms with Gasteiger partial charge in [-0.3, -0.25) is 9.78 Å². The van der Waals surface area contributed by atoms with Gasteiger partial charge < -0.3 is 4.98 Å². The summed E-state index contributed by atoms with van der Waals surface area (Å²) in [6, 6.07) is 5.70. The van der Waals surface area contributed by atoms with Crippen molar-refractivity contribution in [3.05, 3.63) is 56.5 Å². The van der Waals surface area contributed by atoms with E-state index >= 15 is 0 Å². The lowest BCUT2D eigenvalue weighted by Gasteiger charge is -2.13. The molecular weight excluding hydrogens is 268 g/mol. The van der Waals surface area contributed by atoms with Gasteiger partial charge in [-0.15, -0.1) is 0 Å². The molecule has 0 radical (unpaired) electrons. The van der Waals surface area contributed by atoms with Crippen LogP contribution in [0.15, 0.2) is 34.1 Å². The monoisotopic (exact) mass is 284 g/mol. The van der Waals surface area contributed by atoms with E-state index in [1.54, 1.807) is 6.07 Å². The van der Waals surface area contributed by atoms with Gasteiger partial charge >= 0.3 is 5.69 Å². The van der Waals surface area contributed by atoms with Gasteiger partial charge in [-0.1, -0.05) is 26.0 Å². The molecule has 0 atom stereocenters. The zero-order valence-corrected chi connectivity index (χ0v) is 11.9. The van der Waals surface area contributed by atoms with E-state index in [0.29, 0.717) is 11.2 Å². The highest BCUT2D eigenvalue weighted by Crippen LogP contribution is 2.18. The maximum absolute atomic E-state index is 12.6. The molecular formula is C15H16N4O2. The molecule has 6 heteroatoms. The van der Waals surface area contributed by atoms with Gasteiger partial charge in [0.1, 0.15) is 5.52 Å². The number of aryl methyl sites for hydroxylation is 1. The fraction of sp³-hybridized carbons (Fsp3) is 0.267. The minimum atomic E-state index is -0.470. The highest BCUT2D eigenvalue weighted by atomic mass is 16.2. The summed E-state index contributed by atoms with van der Waals surface area (Å²) in [5.41, 5.74) is 2.54. The molecule has 0 fully saturated rings. The van der Waals surface area contributed by atoms with Crippen molar-refractivity contribution in [3.8, 4) is 5.69 Å². The van der Waals surface area contributed by atoms with Crippen LogP contribution in [0.5, 0.6) is 0 Å². The van der Waals surface area contributed by atoms with Gasteiger partial charge in [0.15, 0.2) is 5.65 Å². The molecule has 2 aromatic heterocycles. The molecule has 3 rings (SSSR count). The largest absolute Gasteiger partial charge is 0.339 e. The number of nitrogens with zero attached hydrogens (tertiary/aromatic N) is 2. The first kappa shape index (κ1) is 13.4. The molecule has 2 heterocycles. The minimum Gasteiger partial charge on any atom is -0.339 e. The summed E-state index contributed by atoms with van der Waals surface area (Å²) in [4.78, 5) is 34.2. The molecule has 0 saturated carbocycles. The van der Waals surface area contributed by atoms with E-state index < -0.39 is 5.69 Å². The third kappa shape index (κ3) is 1.99. The maximum atomic E-state index is 12.6. The summed E-state index contributed by atoms with van der Waals surface area (Å²) in [5, 5.41) is 0. The van der Waals surface area contributed by atoms with E-state index in [-0.39, 0.29) is 11.2 Å². The van der Waals surface area contributed by atoms with E-state index in [4.69, 9.17) is 0 Å². The highest BCUT2D eigenvalue weighted by Gasteiger charge is 2.14. The lowest BCUT2D eigenvalue weighted by Crippen LogP contribution is -2.34. The molecule has 2 N–H and O–H groups in total. The lowest BCUT2D eigenvalue weighted by atomic mass is 10.0. The van der Waals surface area contributed by atoms with Gasteiger partial charge in [-0.2, -0.15) is 0 Å². The predicted octanol–water partition coefficient (Wildman–Crippen LogP) is 1.53. The van der Waals surface area contributed by atoms with Gasteiger partial charge in [0, 0.05) is 0 Å². The van der Waals surface area contributed by atoms with Crippen molar-refractivity contribution >= 4 is 11.2 Å². The standard InChI is InChI=1S/C15H16N4O2/c1-3-9-6-5-7-11(10(9)4-2)19-14(20)12-13(17-8-16-12)18-15(19)21/h5-8H,3-4H2,1-2H3,(H,16,17)(H,18,21). The number of hydrogen-bond donors (Lipinski definition) is 2. The number of aromatic amines is 2. The molecule has 3 aromatic rings. The summed E-state index contributed by atoms with van der Waals surface area (Å²) in [7, 11) is 0. The molecule has 108 valence electrons. The van der Waals surface area contributed by atoms with Crippen LogP contribution in [0.3, 0.4) is 0 Å². The van der Waals surface area contributed by atoms with Crippen LogP contribution in [0, 0.1) is 0 Å². The molecule has 1 aromatic carbocycles. The van der Waals surface area contributed by atoms with Crippen molar-refractivity contribution in [1.82, 2.24) is 19.5 Å². The van der Waals surface area contributed by atoms with Crippen molar-refractivity contribution in [2.45, 2.75) is 26.7 Å². The van der Waals surface area contributed by atoms with E-state index in [1.807, 2.05) is 19.1 Å². The van der Waals surface area contributed by atoms with Crippen LogP contribution in [0.25, 0.3) is 16.9 Å². The molecule has 0 unspecified atom stereocenters. The van der Waals surface area contributed by atoms with Crippen LogP contribution in [-0.2, 0) is 12.8 Å². The van der Waals surface area contributed by atoms with Crippen LogP contribution in [0.1, 0.15) is 25.0 Å². The zero-order valence-electron chi connectivity index (χ0n) is 11.9. The molecule has 0 aliphatic heterocycles. The van der Waals surface area contributed by atoms with Gasteiger partial charge in [0.05, 0.1) is 12.0 Å². The van der Waals surface area contributed by atoms with E-state index in [2.05, 4.69) is 21.9 Å². The van der Waals surface area contributed by atoms with Crippen LogP contribution >= 0.6 is 0 Å². The van der Waals surface area contributed by atoms with Gasteiger partial charge in [-0.05, 0) is 30.0 Å². The highest BCUT2D eigenvalue weighted by molar-refractivity contribution is 5.68. The number of fused-ring (bicyclic) bond motifs is 1. The number of imidazole rings is 1. The van der Waals surface area contributed by atoms with E-state index in [0.717, 1.165) is 24.0 Å². The maximum Gasteiger partial charge on any atom is 0.334 e. The summed E-state index contributed by atoms with van der Waals surface area (Å²) < 4.78 is 1.18. The fourth-order valence-corrected chi connectivity index (χ4v) is 2.70. The molecule has 0 spiro atoms. The Kier molecular flexibility index (Phi) is 3.21. The van der Waals surface area contributed by atoms with E-state index in [1.165, 1.54) is 10.9 Å². The molecule has 0 amide bonds. The number of rotatable bonds is 3. The van der Waals surface area contributed by atoms with Crippen molar-refractivity contribution in [3.63, 3.8) is 0 Å². The zero-order chi connectivity index (χ0) is 15.0. The fourth-order valence-electron chi connectivity index (χ4n) is 2.70. The van der Waals surface area contributed by atoms with Crippen LogP contribution < -0.4 is 11.2 Å². The number of benzene rings is 1. The number of H-pyrrole nitrogens is 2. The first-order valence-electron chi connectivity index (χ1n) is 6.96. The molecule has 0 aliphatic rings. The lowest BCUT2D eigenvalue weighted by molar-refractivity contribution is 0.870. The average Bonchev–Trinajstić information content (AvgIpc) is 2.95. The Hall–Kier alpha value is -2.63. The van der Waals surface area contributed by atoms with Crippen molar-refractivity contribution in [2.75, 3.05) is 0 Å². The van der Waals surface area contributed by atoms with Crippen LogP contribution in [0.4, 0.5) is 0 Å². The predicted molar refractivity (Wildman–Crippen MR) is 81.1 cm³/mol. The molecule has 6 nitrogen and oxygen atoms in total. The Morgan fingerprint density at radius 2 is 2.00 bits per heavy atom. The second kappa shape index (κ2) is 5.05. The molecule has 21 heavy (non-hydrogen) atoms.